The first-order chi connectivity index (χ1) is 6.13. The van der Waals surface area contributed by atoms with Gasteiger partial charge in [0.1, 0.15) is 5.78 Å². The van der Waals surface area contributed by atoms with Gasteiger partial charge >= 0.3 is 0 Å². The summed E-state index contributed by atoms with van der Waals surface area (Å²) in [4.78, 5) is 12.2. The Morgan fingerprint density at radius 2 is 2.23 bits per heavy atom. The zero-order valence-electron chi connectivity index (χ0n) is 7.63. The molecule has 3 heteroatoms. The van der Waals surface area contributed by atoms with Gasteiger partial charge in [0, 0.05) is 14.9 Å². The Balaban J connectivity index is 3.01. The fourth-order valence-corrected chi connectivity index (χ4v) is 2.31. The number of rotatable bonds is 3. The average Bonchev–Trinajstić information content (AvgIpc) is 2.03. The number of Topliss-reactive ketones (excluding diaryl/α,β-unsaturated/α-hetero) is 1. The molecule has 0 spiro atoms. The number of carbonyl (C=O) groups excluding carboxylic acids is 1. The van der Waals surface area contributed by atoms with Crippen LogP contribution in [-0.4, -0.2) is 12.0 Å². The van der Waals surface area contributed by atoms with E-state index in [0.29, 0.717) is 6.42 Å². The van der Waals surface area contributed by atoms with Gasteiger partial charge in [-0.2, -0.15) is 0 Å². The van der Waals surface area contributed by atoms with Gasteiger partial charge in [-0.15, -0.1) is 11.8 Å². The maximum Gasteiger partial charge on any atom is 0.134 e. The van der Waals surface area contributed by atoms with Gasteiger partial charge in [-0.05, 0) is 59.5 Å². The number of hydrogen-bond acceptors (Lipinski definition) is 2. The maximum atomic E-state index is 11.0. The molecule has 0 saturated carbocycles. The van der Waals surface area contributed by atoms with Crippen molar-refractivity contribution in [2.75, 3.05) is 6.26 Å². The number of carbonyl (C=O) groups is 1. The molecule has 0 radical (unpaired) electrons. The lowest BCUT2D eigenvalue weighted by molar-refractivity contribution is -0.116. The third-order valence-electron chi connectivity index (χ3n) is 1.68. The van der Waals surface area contributed by atoms with Crippen LogP contribution >= 0.6 is 34.4 Å². The number of hydrogen-bond donors (Lipinski definition) is 0. The molecular formula is C10H11IOS. The lowest BCUT2D eigenvalue weighted by Crippen LogP contribution is -1.98. The molecule has 1 rings (SSSR count). The van der Waals surface area contributed by atoms with Gasteiger partial charge in [0.05, 0.1) is 0 Å². The van der Waals surface area contributed by atoms with Crippen LogP contribution in [-0.2, 0) is 11.2 Å². The molecule has 0 aromatic heterocycles. The Hall–Kier alpha value is -0.0300. The van der Waals surface area contributed by atoms with Crippen molar-refractivity contribution in [3.63, 3.8) is 0 Å². The summed E-state index contributed by atoms with van der Waals surface area (Å²) in [6.07, 6.45) is 2.58. The molecule has 70 valence electrons. The van der Waals surface area contributed by atoms with Gasteiger partial charge in [-0.1, -0.05) is 0 Å². The van der Waals surface area contributed by atoms with Gasteiger partial charge in [0.2, 0.25) is 0 Å². The minimum absolute atomic E-state index is 0.220. The first-order valence-electron chi connectivity index (χ1n) is 3.95. The second kappa shape index (κ2) is 5.00. The van der Waals surface area contributed by atoms with Crippen molar-refractivity contribution in [2.45, 2.75) is 18.2 Å². The van der Waals surface area contributed by atoms with Crippen molar-refractivity contribution in [3.8, 4) is 0 Å². The van der Waals surface area contributed by atoms with Crippen molar-refractivity contribution in [1.82, 2.24) is 0 Å². The quantitative estimate of drug-likeness (QED) is 0.630. The largest absolute Gasteiger partial charge is 0.300 e. The van der Waals surface area contributed by atoms with E-state index in [1.54, 1.807) is 18.7 Å². The van der Waals surface area contributed by atoms with E-state index in [4.69, 9.17) is 0 Å². The van der Waals surface area contributed by atoms with E-state index < -0.39 is 0 Å². The van der Waals surface area contributed by atoms with Gasteiger partial charge in [-0.25, -0.2) is 0 Å². The fourth-order valence-electron chi connectivity index (χ4n) is 1.15. The summed E-state index contributed by atoms with van der Waals surface area (Å²) in [5.41, 5.74) is 1.15. The van der Waals surface area contributed by atoms with Crippen molar-refractivity contribution in [3.05, 3.63) is 27.3 Å². The molecule has 0 aliphatic carbocycles. The van der Waals surface area contributed by atoms with E-state index in [-0.39, 0.29) is 5.78 Å². The van der Waals surface area contributed by atoms with Crippen molar-refractivity contribution in [2.24, 2.45) is 0 Å². The molecule has 0 aliphatic heterocycles. The summed E-state index contributed by atoms with van der Waals surface area (Å²) in [6.45, 7) is 1.63. The van der Waals surface area contributed by atoms with Gasteiger partial charge < -0.3 is 0 Å². The van der Waals surface area contributed by atoms with E-state index >= 15 is 0 Å². The monoisotopic (exact) mass is 306 g/mol. The van der Waals surface area contributed by atoms with Crippen LogP contribution in [0.1, 0.15) is 12.5 Å². The molecule has 1 aromatic rings. The fraction of sp³-hybridized carbons (Fsp3) is 0.300. The standard InChI is InChI=1S/C10H11IOS/c1-7(12)5-8-6-9(11)3-4-10(8)13-2/h3-4,6H,5H2,1-2H3. The molecule has 0 aliphatic rings. The number of benzene rings is 1. The molecule has 0 fully saturated rings. The second-order valence-electron chi connectivity index (χ2n) is 2.83. The van der Waals surface area contributed by atoms with Crippen molar-refractivity contribution in [1.29, 1.82) is 0 Å². The van der Waals surface area contributed by atoms with E-state index in [9.17, 15) is 4.79 Å². The van der Waals surface area contributed by atoms with Gasteiger partial charge in [0.15, 0.2) is 0 Å². The second-order valence-corrected chi connectivity index (χ2v) is 4.93. The Bertz CT molecular complexity index is 323. The Labute approximate surface area is 96.4 Å². The zero-order valence-corrected chi connectivity index (χ0v) is 10.6. The van der Waals surface area contributed by atoms with Crippen molar-refractivity contribution >= 4 is 40.1 Å². The van der Waals surface area contributed by atoms with Crippen LogP contribution in [0.3, 0.4) is 0 Å². The summed E-state index contributed by atoms with van der Waals surface area (Å²) >= 11 is 3.96. The Kier molecular flexibility index (Phi) is 4.25. The van der Waals surface area contributed by atoms with Crippen LogP contribution in [0.25, 0.3) is 0 Å². The van der Waals surface area contributed by atoms with Crippen LogP contribution < -0.4 is 0 Å². The molecule has 13 heavy (non-hydrogen) atoms. The first-order valence-corrected chi connectivity index (χ1v) is 6.25. The topological polar surface area (TPSA) is 17.1 Å². The molecule has 0 atom stereocenters. The summed E-state index contributed by atoms with van der Waals surface area (Å²) in [5.74, 6) is 0.220. The number of halogens is 1. The number of ketones is 1. The predicted molar refractivity (Wildman–Crippen MR) is 65.3 cm³/mol. The van der Waals surface area contributed by atoms with Crippen LogP contribution in [0.4, 0.5) is 0 Å². The Morgan fingerprint density at radius 1 is 1.54 bits per heavy atom. The molecule has 1 nitrogen and oxygen atoms in total. The molecule has 0 amide bonds. The zero-order chi connectivity index (χ0) is 9.84. The number of thioether (sulfide) groups is 1. The van der Waals surface area contributed by atoms with Crippen molar-refractivity contribution < 1.29 is 4.79 Å². The molecule has 0 heterocycles. The van der Waals surface area contributed by atoms with Gasteiger partial charge in [-0.3, -0.25) is 4.79 Å². The summed E-state index contributed by atoms with van der Waals surface area (Å²) in [5, 5.41) is 0. The van der Waals surface area contributed by atoms with E-state index in [1.807, 2.05) is 6.26 Å². The highest BCUT2D eigenvalue weighted by Crippen LogP contribution is 2.22. The lowest BCUT2D eigenvalue weighted by atomic mass is 10.1. The SMILES string of the molecule is CSc1ccc(I)cc1CC(C)=O. The third-order valence-corrected chi connectivity index (χ3v) is 3.19. The molecule has 0 unspecified atom stereocenters. The van der Waals surface area contributed by atoms with E-state index in [1.165, 1.54) is 8.47 Å². The van der Waals surface area contributed by atoms with Crippen LogP contribution in [0.2, 0.25) is 0 Å². The Morgan fingerprint density at radius 3 is 2.77 bits per heavy atom. The highest BCUT2D eigenvalue weighted by atomic mass is 127. The van der Waals surface area contributed by atoms with Crippen LogP contribution in [0.5, 0.6) is 0 Å². The highest BCUT2D eigenvalue weighted by molar-refractivity contribution is 14.1. The minimum atomic E-state index is 0.220. The van der Waals surface area contributed by atoms with Crippen LogP contribution in [0, 0.1) is 3.57 Å². The summed E-state index contributed by atoms with van der Waals surface area (Å²) in [7, 11) is 0. The molecule has 0 bridgehead atoms. The molecule has 1 aromatic carbocycles. The summed E-state index contributed by atoms with van der Waals surface area (Å²) in [6, 6.07) is 6.22. The highest BCUT2D eigenvalue weighted by Gasteiger charge is 2.04. The third kappa shape index (κ3) is 3.31. The predicted octanol–water partition coefficient (Wildman–Crippen LogP) is 3.14. The molecule has 0 saturated heterocycles. The van der Waals surface area contributed by atoms with E-state index in [2.05, 4.69) is 40.8 Å². The smallest absolute Gasteiger partial charge is 0.134 e. The summed E-state index contributed by atoms with van der Waals surface area (Å²) < 4.78 is 1.19. The van der Waals surface area contributed by atoms with Crippen LogP contribution in [0.15, 0.2) is 23.1 Å². The minimum Gasteiger partial charge on any atom is -0.300 e. The first kappa shape index (κ1) is 11.0. The molecule has 0 N–H and O–H groups in total. The lowest BCUT2D eigenvalue weighted by Gasteiger charge is -2.05. The average molecular weight is 306 g/mol. The molecular weight excluding hydrogens is 295 g/mol. The normalized spacial score (nSPS) is 10.1. The van der Waals surface area contributed by atoms with Gasteiger partial charge in [0.25, 0.3) is 0 Å². The maximum absolute atomic E-state index is 11.0. The van der Waals surface area contributed by atoms with E-state index in [0.717, 1.165) is 5.56 Å².